The maximum absolute atomic E-state index is 10.9. The molecule has 0 amide bonds. The van der Waals surface area contributed by atoms with Gasteiger partial charge in [0.25, 0.3) is 9.05 Å². The van der Waals surface area contributed by atoms with Crippen LogP contribution in [0.4, 0.5) is 0 Å². The van der Waals surface area contributed by atoms with Gasteiger partial charge in [-0.15, -0.1) is 0 Å². The Morgan fingerprint density at radius 1 is 1.29 bits per heavy atom. The van der Waals surface area contributed by atoms with E-state index in [1.54, 1.807) is 0 Å². The van der Waals surface area contributed by atoms with Crippen molar-refractivity contribution in [2.24, 2.45) is 0 Å². The molecule has 1 aromatic carbocycles. The van der Waals surface area contributed by atoms with E-state index in [2.05, 4.69) is 0 Å². The van der Waals surface area contributed by atoms with Crippen LogP contribution in [-0.4, -0.2) is 18.6 Å². The van der Waals surface area contributed by atoms with Crippen LogP contribution in [0.5, 0.6) is 11.5 Å². The second-order valence-electron chi connectivity index (χ2n) is 2.39. The highest BCUT2D eigenvalue weighted by molar-refractivity contribution is 8.13. The quantitative estimate of drug-likeness (QED) is 0.555. The summed E-state index contributed by atoms with van der Waals surface area (Å²) in [6.45, 7) is 0. The highest BCUT2D eigenvalue weighted by Crippen LogP contribution is 2.31. The zero-order valence-corrected chi connectivity index (χ0v) is 8.17. The molecule has 1 aromatic rings. The molecule has 0 radical (unpaired) electrons. The van der Waals surface area contributed by atoms with Crippen molar-refractivity contribution in [2.75, 3.05) is 0 Å². The molecule has 74 valence electrons. The minimum atomic E-state index is -4.11. The van der Waals surface area contributed by atoms with E-state index in [9.17, 15) is 8.42 Å². The Kier molecular flexibility index (Phi) is 2.55. The van der Waals surface area contributed by atoms with Gasteiger partial charge in [-0.2, -0.15) is 5.26 Å². The summed E-state index contributed by atoms with van der Waals surface area (Å²) < 4.78 is 21.8. The summed E-state index contributed by atoms with van der Waals surface area (Å²) in [7, 11) is 0.889. The normalized spacial score (nSPS) is 10.9. The summed E-state index contributed by atoms with van der Waals surface area (Å²) in [5, 5.41) is 26.5. The molecule has 0 fully saturated rings. The number of hydrogen-bond donors (Lipinski definition) is 2. The molecule has 0 aliphatic carbocycles. The predicted octanol–water partition coefficient (Wildman–Crippen LogP) is 0.897. The summed E-state index contributed by atoms with van der Waals surface area (Å²) in [5.41, 5.74) is -0.324. The lowest BCUT2D eigenvalue weighted by atomic mass is 10.2. The van der Waals surface area contributed by atoms with E-state index in [1.165, 1.54) is 6.07 Å². The molecular formula is C7H4ClNO4S. The van der Waals surface area contributed by atoms with E-state index in [-0.39, 0.29) is 5.56 Å². The van der Waals surface area contributed by atoms with E-state index in [4.69, 9.17) is 26.2 Å². The van der Waals surface area contributed by atoms with Gasteiger partial charge in [-0.3, -0.25) is 0 Å². The van der Waals surface area contributed by atoms with Gasteiger partial charge in [0.2, 0.25) is 0 Å². The Bertz CT molecular complexity index is 517. The molecule has 0 heterocycles. The first-order valence-electron chi connectivity index (χ1n) is 3.27. The van der Waals surface area contributed by atoms with Gasteiger partial charge in [-0.25, -0.2) is 8.42 Å². The summed E-state index contributed by atoms with van der Waals surface area (Å²) >= 11 is 0. The molecule has 0 unspecified atom stereocenters. The van der Waals surface area contributed by atoms with Gasteiger partial charge < -0.3 is 10.2 Å². The van der Waals surface area contributed by atoms with Gasteiger partial charge in [0, 0.05) is 22.8 Å². The molecule has 7 heteroatoms. The number of hydrogen-bond acceptors (Lipinski definition) is 5. The monoisotopic (exact) mass is 233 g/mol. The molecule has 0 aliphatic rings. The highest BCUT2D eigenvalue weighted by Gasteiger charge is 2.18. The van der Waals surface area contributed by atoms with E-state index in [1.807, 2.05) is 0 Å². The molecule has 0 atom stereocenters. The van der Waals surface area contributed by atoms with E-state index >= 15 is 0 Å². The number of phenolic OH excluding ortho intramolecular Hbond substituents is 2. The molecule has 5 nitrogen and oxygen atoms in total. The Labute approximate surface area is 84.2 Å². The lowest BCUT2D eigenvalue weighted by Gasteiger charge is -2.02. The second-order valence-corrected chi connectivity index (χ2v) is 4.92. The number of nitrogens with zero attached hydrogens (tertiary/aromatic N) is 1. The average Bonchev–Trinajstić information content (AvgIpc) is 2.07. The first-order valence-corrected chi connectivity index (χ1v) is 5.58. The third-order valence-electron chi connectivity index (χ3n) is 1.46. The van der Waals surface area contributed by atoms with Crippen molar-refractivity contribution >= 4 is 19.7 Å². The van der Waals surface area contributed by atoms with Gasteiger partial charge >= 0.3 is 0 Å². The number of rotatable bonds is 1. The molecular weight excluding hydrogens is 230 g/mol. The molecule has 0 spiro atoms. The van der Waals surface area contributed by atoms with Crippen molar-refractivity contribution in [1.82, 2.24) is 0 Å². The molecule has 0 saturated carbocycles. The van der Waals surface area contributed by atoms with Crippen LogP contribution in [0.25, 0.3) is 0 Å². The summed E-state index contributed by atoms with van der Waals surface area (Å²) in [6, 6.07) is 3.08. The average molecular weight is 234 g/mol. The van der Waals surface area contributed by atoms with Crippen molar-refractivity contribution in [1.29, 1.82) is 5.26 Å². The Hall–Kier alpha value is -1.45. The van der Waals surface area contributed by atoms with Gasteiger partial charge in [0.1, 0.15) is 11.0 Å². The minimum absolute atomic E-state index is 0.324. The van der Waals surface area contributed by atoms with Gasteiger partial charge in [0.05, 0.1) is 5.56 Å². The van der Waals surface area contributed by atoms with E-state index in [0.717, 1.165) is 12.1 Å². The minimum Gasteiger partial charge on any atom is -0.504 e. The fraction of sp³-hybridized carbons (Fsp3) is 0. The highest BCUT2D eigenvalue weighted by atomic mass is 35.7. The third-order valence-corrected chi connectivity index (χ3v) is 2.82. The van der Waals surface area contributed by atoms with Crippen LogP contribution in [0, 0.1) is 11.3 Å². The number of aromatic hydroxyl groups is 2. The standard InChI is InChI=1S/C7H4ClNO4S/c8-14(12,13)7-2-6(11)5(10)1-4(7)3-9/h1-2,10-11H. The lowest BCUT2D eigenvalue weighted by molar-refractivity contribution is 0.402. The van der Waals surface area contributed by atoms with E-state index in [0.29, 0.717) is 0 Å². The van der Waals surface area contributed by atoms with Crippen molar-refractivity contribution in [3.63, 3.8) is 0 Å². The number of benzene rings is 1. The summed E-state index contributed by atoms with van der Waals surface area (Å²) in [6.07, 6.45) is 0. The fourth-order valence-corrected chi connectivity index (χ4v) is 1.85. The van der Waals surface area contributed by atoms with Crippen molar-refractivity contribution in [2.45, 2.75) is 4.90 Å². The molecule has 0 saturated heterocycles. The van der Waals surface area contributed by atoms with Crippen LogP contribution >= 0.6 is 10.7 Å². The first kappa shape index (κ1) is 10.6. The van der Waals surface area contributed by atoms with Crippen molar-refractivity contribution in [3.05, 3.63) is 17.7 Å². The predicted molar refractivity (Wildman–Crippen MR) is 47.5 cm³/mol. The molecule has 14 heavy (non-hydrogen) atoms. The van der Waals surface area contributed by atoms with Crippen molar-refractivity contribution < 1.29 is 18.6 Å². The number of phenols is 2. The fourth-order valence-electron chi connectivity index (χ4n) is 0.847. The third kappa shape index (κ3) is 1.89. The van der Waals surface area contributed by atoms with Gasteiger partial charge in [-0.05, 0) is 0 Å². The first-order chi connectivity index (χ1) is 6.36. The van der Waals surface area contributed by atoms with E-state index < -0.39 is 25.4 Å². The SMILES string of the molecule is N#Cc1cc(O)c(O)cc1S(=O)(=O)Cl. The maximum Gasteiger partial charge on any atom is 0.262 e. The lowest BCUT2D eigenvalue weighted by Crippen LogP contribution is -1.94. The van der Waals surface area contributed by atoms with Crippen LogP contribution in [0.1, 0.15) is 5.56 Å². The van der Waals surface area contributed by atoms with Crippen LogP contribution in [0.2, 0.25) is 0 Å². The Morgan fingerprint density at radius 2 is 1.79 bits per heavy atom. The number of halogens is 1. The van der Waals surface area contributed by atoms with Crippen LogP contribution in [-0.2, 0) is 9.05 Å². The molecule has 0 bridgehead atoms. The second kappa shape index (κ2) is 3.36. The van der Waals surface area contributed by atoms with Crippen LogP contribution in [0.15, 0.2) is 17.0 Å². The molecule has 2 N–H and O–H groups in total. The van der Waals surface area contributed by atoms with Crippen LogP contribution < -0.4 is 0 Å². The maximum atomic E-state index is 10.9. The number of nitriles is 1. The molecule has 0 aliphatic heterocycles. The smallest absolute Gasteiger partial charge is 0.262 e. The van der Waals surface area contributed by atoms with Gasteiger partial charge in [0.15, 0.2) is 11.5 Å². The van der Waals surface area contributed by atoms with Gasteiger partial charge in [-0.1, -0.05) is 0 Å². The molecule has 1 rings (SSSR count). The molecule has 0 aromatic heterocycles. The van der Waals surface area contributed by atoms with Crippen LogP contribution in [0.3, 0.4) is 0 Å². The largest absolute Gasteiger partial charge is 0.504 e. The zero-order chi connectivity index (χ0) is 10.9. The zero-order valence-electron chi connectivity index (χ0n) is 6.60. The Balaban J connectivity index is 3.61. The Morgan fingerprint density at radius 3 is 2.21 bits per heavy atom. The topological polar surface area (TPSA) is 98.4 Å². The van der Waals surface area contributed by atoms with Crippen molar-refractivity contribution in [3.8, 4) is 17.6 Å². The summed E-state index contributed by atoms with van der Waals surface area (Å²) in [5.74, 6) is -1.23. The summed E-state index contributed by atoms with van der Waals surface area (Å²) in [4.78, 5) is -0.531.